The van der Waals surface area contributed by atoms with Crippen molar-refractivity contribution < 1.29 is 24.2 Å². The van der Waals surface area contributed by atoms with E-state index in [0.717, 1.165) is 39.4 Å². The van der Waals surface area contributed by atoms with E-state index in [1.54, 1.807) is 22.9 Å². The Morgan fingerprint density at radius 2 is 1.70 bits per heavy atom. The molecule has 4 aromatic carbocycles. The summed E-state index contributed by atoms with van der Waals surface area (Å²) in [5.41, 5.74) is 4.01. The second-order valence-electron chi connectivity index (χ2n) is 15.0. The number of aryl methyl sites for hydroxylation is 1. The van der Waals surface area contributed by atoms with Crippen molar-refractivity contribution in [3.63, 3.8) is 0 Å². The van der Waals surface area contributed by atoms with E-state index in [-0.39, 0.29) is 29.8 Å². The van der Waals surface area contributed by atoms with Gasteiger partial charge >= 0.3 is 0 Å². The number of carbonyl (C=O) groups is 2. The molecule has 53 heavy (non-hydrogen) atoms. The van der Waals surface area contributed by atoms with Crippen molar-refractivity contribution >= 4 is 23.2 Å². The molecule has 10 heteroatoms. The van der Waals surface area contributed by atoms with E-state index in [1.807, 2.05) is 95.9 Å². The molecule has 1 spiro atoms. The molecule has 3 aliphatic rings. The molecule has 0 unspecified atom stereocenters. The highest BCUT2D eigenvalue weighted by Crippen LogP contribution is 2.60. The molecule has 272 valence electrons. The smallest absolute Gasteiger partial charge is 0.264 e. The first-order valence-corrected chi connectivity index (χ1v) is 18.4. The molecule has 5 atom stereocenters. The number of amides is 2. The molecular formula is C43H45N5O5. The lowest BCUT2D eigenvalue weighted by Gasteiger charge is -2.39. The number of benzene rings is 4. The summed E-state index contributed by atoms with van der Waals surface area (Å²) in [5, 5.41) is 19.7. The first-order chi connectivity index (χ1) is 25.6. The number of fused-ring (bicyclic) bond motifs is 2. The van der Waals surface area contributed by atoms with E-state index < -0.39 is 17.1 Å². The van der Waals surface area contributed by atoms with Crippen LogP contribution in [0.25, 0.3) is 0 Å². The van der Waals surface area contributed by atoms with Gasteiger partial charge in [0.15, 0.2) is 5.60 Å². The van der Waals surface area contributed by atoms with Gasteiger partial charge in [0, 0.05) is 42.6 Å². The number of hydrogen-bond acceptors (Lipinski definition) is 7. The average Bonchev–Trinajstić information content (AvgIpc) is 3.84. The number of aliphatic hydroxyl groups excluding tert-OH is 1. The normalized spacial score (nSPS) is 23.0. The van der Waals surface area contributed by atoms with Gasteiger partial charge < -0.3 is 24.4 Å². The quantitative estimate of drug-likeness (QED) is 0.155. The highest BCUT2D eigenvalue weighted by atomic mass is 16.5. The lowest BCUT2D eigenvalue weighted by Crippen LogP contribution is -2.46. The van der Waals surface area contributed by atoms with Crippen LogP contribution in [0.4, 0.5) is 11.4 Å². The first kappa shape index (κ1) is 34.7. The highest BCUT2D eigenvalue weighted by molar-refractivity contribution is 6.08. The average molecular weight is 712 g/mol. The zero-order chi connectivity index (χ0) is 36.9. The van der Waals surface area contributed by atoms with Gasteiger partial charge in [0.1, 0.15) is 17.5 Å². The molecule has 10 nitrogen and oxygen atoms in total. The van der Waals surface area contributed by atoms with Crippen LogP contribution < -0.4 is 14.5 Å². The van der Waals surface area contributed by atoms with E-state index in [4.69, 9.17) is 9.47 Å². The van der Waals surface area contributed by atoms with Gasteiger partial charge in [-0.3, -0.25) is 14.3 Å². The molecule has 3 aliphatic heterocycles. The fourth-order valence-corrected chi connectivity index (χ4v) is 8.86. The molecule has 4 heterocycles. The number of anilines is 2. The van der Waals surface area contributed by atoms with Crippen LogP contribution in [0.2, 0.25) is 0 Å². The summed E-state index contributed by atoms with van der Waals surface area (Å²) in [7, 11) is 1.66. The predicted molar refractivity (Wildman–Crippen MR) is 201 cm³/mol. The molecule has 0 bridgehead atoms. The lowest BCUT2D eigenvalue weighted by molar-refractivity contribution is -0.146. The second-order valence-corrected chi connectivity index (χ2v) is 15.0. The summed E-state index contributed by atoms with van der Waals surface area (Å²) in [4.78, 5) is 31.5. The van der Waals surface area contributed by atoms with Gasteiger partial charge in [-0.25, -0.2) is 0 Å². The number of rotatable bonds is 11. The molecule has 0 aliphatic carbocycles. The van der Waals surface area contributed by atoms with Crippen molar-refractivity contribution in [2.75, 3.05) is 23.5 Å². The minimum Gasteiger partial charge on any atom is -0.497 e. The third-order valence-corrected chi connectivity index (χ3v) is 11.8. The van der Waals surface area contributed by atoms with Gasteiger partial charge in [0.2, 0.25) is 5.91 Å². The van der Waals surface area contributed by atoms with E-state index >= 15 is 4.79 Å². The molecule has 1 aromatic heterocycles. The minimum atomic E-state index is -1.29. The van der Waals surface area contributed by atoms with E-state index in [0.29, 0.717) is 38.2 Å². The Hall–Kier alpha value is -5.32. The first-order valence-electron chi connectivity index (χ1n) is 18.4. The molecule has 8 rings (SSSR count). The van der Waals surface area contributed by atoms with Crippen LogP contribution in [0.15, 0.2) is 109 Å². The number of aromatic nitrogens is 3. The van der Waals surface area contributed by atoms with Crippen LogP contribution in [0.3, 0.4) is 0 Å². The lowest BCUT2D eigenvalue weighted by atomic mass is 9.63. The third kappa shape index (κ3) is 5.90. The number of β-lactam (4-membered cyclic amide) rings is 1. The summed E-state index contributed by atoms with van der Waals surface area (Å²) in [6, 6.07) is 33.5. The van der Waals surface area contributed by atoms with Crippen LogP contribution in [-0.2, 0) is 38.4 Å². The summed E-state index contributed by atoms with van der Waals surface area (Å²) in [6.07, 6.45) is 1.58. The fraction of sp³-hybridized carbons (Fsp3) is 0.349. The number of methoxy groups -OCH3 is 1. The zero-order valence-electron chi connectivity index (χ0n) is 30.6. The Labute approximate surface area is 310 Å². The highest BCUT2D eigenvalue weighted by Gasteiger charge is 2.66. The van der Waals surface area contributed by atoms with Crippen LogP contribution in [0, 0.1) is 11.8 Å². The molecule has 1 N–H and O–H groups in total. The maximum Gasteiger partial charge on any atom is 0.264 e. The Balaban J connectivity index is 1.19. The summed E-state index contributed by atoms with van der Waals surface area (Å²) < 4.78 is 14.6. The van der Waals surface area contributed by atoms with Crippen molar-refractivity contribution in [2.24, 2.45) is 11.8 Å². The number of hydrogen-bond donors (Lipinski definition) is 1. The van der Waals surface area contributed by atoms with E-state index in [9.17, 15) is 9.90 Å². The Kier molecular flexibility index (Phi) is 8.91. The van der Waals surface area contributed by atoms with Crippen LogP contribution >= 0.6 is 0 Å². The van der Waals surface area contributed by atoms with E-state index in [2.05, 4.69) is 43.2 Å². The molecule has 2 saturated heterocycles. The van der Waals surface area contributed by atoms with Crippen molar-refractivity contribution in [3.05, 3.63) is 137 Å². The Morgan fingerprint density at radius 1 is 0.981 bits per heavy atom. The Bertz CT molecular complexity index is 2120. The van der Waals surface area contributed by atoms with Crippen LogP contribution in [0.1, 0.15) is 67.7 Å². The molecule has 2 fully saturated rings. The van der Waals surface area contributed by atoms with Gasteiger partial charge in [-0.05, 0) is 58.9 Å². The van der Waals surface area contributed by atoms with Gasteiger partial charge in [0.05, 0.1) is 31.6 Å². The van der Waals surface area contributed by atoms with E-state index in [1.165, 1.54) is 0 Å². The predicted octanol–water partition coefficient (Wildman–Crippen LogP) is 6.57. The number of ether oxygens (including phenoxy) is 2. The number of aliphatic hydroxyl groups is 1. The molecular weight excluding hydrogens is 667 g/mol. The Morgan fingerprint density at radius 3 is 2.36 bits per heavy atom. The van der Waals surface area contributed by atoms with Crippen molar-refractivity contribution in [1.82, 2.24) is 15.0 Å². The van der Waals surface area contributed by atoms with Crippen LogP contribution in [0.5, 0.6) is 5.75 Å². The SMILES string of the molecule is COc1ccc(C(C)(C)[C@H]2[C@H](CCn3cc([C@H](O)c4ccccc4)nn3)O[C@@]3(C(=O)N(Cc4ccccc4)c4ccc(N5CCC5=O)cc43)[C@@H]2C)cc1. The van der Waals surface area contributed by atoms with Gasteiger partial charge in [-0.2, -0.15) is 0 Å². The number of nitrogens with zero attached hydrogens (tertiary/aromatic N) is 5. The monoisotopic (exact) mass is 711 g/mol. The molecule has 0 saturated carbocycles. The molecule has 2 amide bonds. The summed E-state index contributed by atoms with van der Waals surface area (Å²) in [6.45, 7) is 8.12. The fourth-order valence-electron chi connectivity index (χ4n) is 8.86. The molecule has 0 radical (unpaired) electrons. The van der Waals surface area contributed by atoms with Crippen molar-refractivity contribution in [2.45, 2.75) is 69.9 Å². The number of carbonyl (C=O) groups excluding carboxylic acids is 2. The van der Waals surface area contributed by atoms with Gasteiger partial charge in [0.25, 0.3) is 5.91 Å². The maximum absolute atomic E-state index is 15.2. The van der Waals surface area contributed by atoms with Crippen molar-refractivity contribution in [1.29, 1.82) is 0 Å². The third-order valence-electron chi connectivity index (χ3n) is 11.8. The standard InChI is InChI=1S/C43H45N5O5/c1-28-39(42(2,3)31-15-18-33(52-4)19-16-31)37(21-23-46-27-35(44-45-46)40(50)30-13-9-6-10-14-30)53-43(28)34-25-32(47-24-22-38(47)49)17-20-36(34)48(41(43)51)26-29-11-7-5-8-12-29/h5-20,25,27-28,37,39-40,50H,21-24,26H2,1-4H3/t28-,37+,39-,40-,43+/m1/s1. The zero-order valence-corrected chi connectivity index (χ0v) is 30.6. The van der Waals surface area contributed by atoms with Gasteiger partial charge in [-0.15, -0.1) is 5.10 Å². The largest absolute Gasteiger partial charge is 0.497 e. The molecule has 5 aromatic rings. The minimum absolute atomic E-state index is 0.0748. The maximum atomic E-state index is 15.2. The summed E-state index contributed by atoms with van der Waals surface area (Å²) >= 11 is 0. The van der Waals surface area contributed by atoms with Crippen LogP contribution in [-0.4, -0.2) is 51.7 Å². The summed E-state index contributed by atoms with van der Waals surface area (Å²) in [5.74, 6) is 0.382. The topological polar surface area (TPSA) is 110 Å². The van der Waals surface area contributed by atoms with Crippen molar-refractivity contribution in [3.8, 4) is 5.75 Å². The second kappa shape index (κ2) is 13.6. The van der Waals surface area contributed by atoms with Gasteiger partial charge in [-0.1, -0.05) is 98.8 Å².